The van der Waals surface area contributed by atoms with Gasteiger partial charge < -0.3 is 14.5 Å². The van der Waals surface area contributed by atoms with Gasteiger partial charge in [0, 0.05) is 42.2 Å². The number of piperidine rings is 2. The fourth-order valence-corrected chi connectivity index (χ4v) is 6.79. The average molecular weight is 513 g/mol. The highest BCUT2D eigenvalue weighted by atomic mass is 32.2. The number of likely N-dealkylation sites (tertiary alicyclic amines) is 1. The molecule has 3 aliphatic rings. The molecule has 3 aromatic rings. The van der Waals surface area contributed by atoms with E-state index in [-0.39, 0.29) is 16.4 Å². The van der Waals surface area contributed by atoms with Crippen molar-refractivity contribution in [2.24, 2.45) is 5.92 Å². The first-order valence-electron chi connectivity index (χ1n) is 12.9. The molecule has 0 spiro atoms. The second kappa shape index (κ2) is 9.52. The van der Waals surface area contributed by atoms with Crippen LogP contribution in [-0.4, -0.2) is 73.9 Å². The Morgan fingerprint density at radius 3 is 2.50 bits per heavy atom. The number of rotatable bonds is 5. The van der Waals surface area contributed by atoms with Crippen molar-refractivity contribution in [2.75, 3.05) is 39.1 Å². The Labute approximate surface area is 211 Å². The second-order valence-electron chi connectivity index (χ2n) is 10.6. The lowest BCUT2D eigenvalue weighted by Gasteiger charge is -2.50. The van der Waals surface area contributed by atoms with Crippen molar-refractivity contribution < 1.29 is 17.5 Å². The number of hydrogen-bond donors (Lipinski definition) is 1. The van der Waals surface area contributed by atoms with E-state index in [0.717, 1.165) is 56.8 Å². The molecule has 192 valence electrons. The van der Waals surface area contributed by atoms with Gasteiger partial charge in [-0.25, -0.2) is 17.8 Å². The molecule has 6 rings (SSSR count). The van der Waals surface area contributed by atoms with E-state index in [1.807, 2.05) is 12.4 Å². The van der Waals surface area contributed by atoms with E-state index in [9.17, 15) is 8.42 Å². The molecule has 2 atom stereocenters. The topological polar surface area (TPSA) is 75.9 Å². The fraction of sp³-hybridized carbons (Fsp3) is 0.519. The van der Waals surface area contributed by atoms with Gasteiger partial charge in [-0.15, -0.1) is 0 Å². The quantitative estimate of drug-likeness (QED) is 0.564. The highest BCUT2D eigenvalue weighted by Gasteiger charge is 2.41. The molecule has 1 aromatic carbocycles. The fourth-order valence-electron chi connectivity index (χ4n) is 6.16. The third-order valence-electron chi connectivity index (χ3n) is 8.25. The third-order valence-corrected chi connectivity index (χ3v) is 9.38. The molecule has 0 radical (unpaired) electrons. The van der Waals surface area contributed by atoms with Gasteiger partial charge in [-0.3, -0.25) is 4.90 Å². The van der Waals surface area contributed by atoms with Crippen LogP contribution >= 0.6 is 0 Å². The predicted octanol–water partition coefficient (Wildman–Crippen LogP) is 3.49. The van der Waals surface area contributed by atoms with Gasteiger partial charge in [-0.05, 0) is 75.0 Å². The lowest BCUT2D eigenvalue weighted by molar-refractivity contribution is -0.0958. The molecule has 3 saturated heterocycles. The van der Waals surface area contributed by atoms with Crippen LogP contribution in [0.25, 0.3) is 16.9 Å². The summed E-state index contributed by atoms with van der Waals surface area (Å²) in [7, 11) is -3.27. The molecule has 3 aliphatic heterocycles. The number of fused-ring (bicyclic) bond motifs is 1. The van der Waals surface area contributed by atoms with Crippen molar-refractivity contribution in [3.8, 4) is 11.3 Å². The van der Waals surface area contributed by atoms with E-state index in [1.165, 1.54) is 19.1 Å². The molecular weight excluding hydrogens is 479 g/mol. The van der Waals surface area contributed by atoms with Gasteiger partial charge in [-0.1, -0.05) is 12.1 Å². The Kier molecular flexibility index (Phi) is 6.35. The summed E-state index contributed by atoms with van der Waals surface area (Å²) in [5.74, 6) is 0.536. The summed E-state index contributed by atoms with van der Waals surface area (Å²) in [6.07, 6.45) is 9.47. The van der Waals surface area contributed by atoms with Gasteiger partial charge in [0.25, 0.3) is 0 Å². The smallest absolute Gasteiger partial charge is 0.175 e. The predicted molar refractivity (Wildman–Crippen MR) is 136 cm³/mol. The van der Waals surface area contributed by atoms with Gasteiger partial charge in [0.05, 0.1) is 23.8 Å². The van der Waals surface area contributed by atoms with Crippen molar-refractivity contribution in [1.29, 1.82) is 0 Å². The molecule has 9 heteroatoms. The number of halogens is 1. The minimum Gasteiger partial charge on any atom is -0.381 e. The number of hydrogen-bond acceptors (Lipinski definition) is 6. The second-order valence-corrected chi connectivity index (χ2v) is 12.6. The van der Waals surface area contributed by atoms with E-state index in [4.69, 9.17) is 4.74 Å². The average Bonchev–Trinajstić information content (AvgIpc) is 3.28. The zero-order valence-corrected chi connectivity index (χ0v) is 21.4. The summed E-state index contributed by atoms with van der Waals surface area (Å²) < 4.78 is 46.1. The van der Waals surface area contributed by atoms with E-state index in [2.05, 4.69) is 15.2 Å². The zero-order valence-electron chi connectivity index (χ0n) is 20.6. The molecule has 36 heavy (non-hydrogen) atoms. The van der Waals surface area contributed by atoms with Crippen LogP contribution in [0.2, 0.25) is 0 Å². The Bertz CT molecular complexity index is 1350. The van der Waals surface area contributed by atoms with E-state index >= 15 is 4.39 Å². The van der Waals surface area contributed by atoms with Crippen LogP contribution in [0.3, 0.4) is 0 Å². The maximum atomic E-state index is 15.3. The largest absolute Gasteiger partial charge is 0.381 e. The maximum Gasteiger partial charge on any atom is 0.175 e. The summed E-state index contributed by atoms with van der Waals surface area (Å²) in [6, 6.07) is 9.34. The molecule has 3 fully saturated rings. The molecule has 1 unspecified atom stereocenters. The molecule has 1 N–H and O–H groups in total. The first-order valence-corrected chi connectivity index (χ1v) is 14.8. The van der Waals surface area contributed by atoms with Crippen LogP contribution in [-0.2, 0) is 14.6 Å². The molecule has 0 bridgehead atoms. The molecule has 7 nitrogen and oxygen atoms in total. The van der Waals surface area contributed by atoms with Gasteiger partial charge in [0.1, 0.15) is 0 Å². The van der Waals surface area contributed by atoms with Crippen LogP contribution in [0.5, 0.6) is 0 Å². The monoisotopic (exact) mass is 512 g/mol. The standard InChI is InChI=1S/C27H33FN4O3S/c1-36(33,34)23-4-2-18(3-5-23)25-15-31-14-20(12-24(28)27(31)30-25)19-8-11-32(22-6-9-29-10-7-22)26(13-19)21-16-35-17-21/h2-5,12,14-15,19,21-22,26,29H,6-11,13,16-17H2,1H3/t19?,26-/m1/s1. The number of benzene rings is 1. The Balaban J connectivity index is 1.26. The number of nitrogens with zero attached hydrogens (tertiary/aromatic N) is 3. The summed E-state index contributed by atoms with van der Waals surface area (Å²) in [5.41, 5.74) is 2.69. The summed E-state index contributed by atoms with van der Waals surface area (Å²) in [6.45, 7) is 4.86. The van der Waals surface area contributed by atoms with Crippen LogP contribution in [0.15, 0.2) is 47.6 Å². The highest BCUT2D eigenvalue weighted by molar-refractivity contribution is 7.90. The SMILES string of the molecule is CS(=O)(=O)c1ccc(-c2cn3cc(C4CCN(C5CCNCC5)[C@@H](C5COC5)C4)cc(F)c3n2)cc1. The van der Waals surface area contributed by atoms with Gasteiger partial charge in [-0.2, -0.15) is 0 Å². The molecule has 0 aliphatic carbocycles. The van der Waals surface area contributed by atoms with Crippen LogP contribution < -0.4 is 5.32 Å². The van der Waals surface area contributed by atoms with Crippen molar-refractivity contribution >= 4 is 15.5 Å². The van der Waals surface area contributed by atoms with Crippen molar-refractivity contribution in [3.63, 3.8) is 0 Å². The molecule has 0 saturated carbocycles. The summed E-state index contributed by atoms with van der Waals surface area (Å²) >= 11 is 0. The lowest BCUT2D eigenvalue weighted by Crippen LogP contribution is -2.57. The van der Waals surface area contributed by atoms with Crippen LogP contribution in [0, 0.1) is 11.7 Å². The van der Waals surface area contributed by atoms with Crippen molar-refractivity contribution in [3.05, 3.63) is 54.1 Å². The number of ether oxygens (including phenoxy) is 1. The molecular formula is C27H33FN4O3S. The Hall–Kier alpha value is -2.33. The number of nitrogens with one attached hydrogen (secondary N) is 1. The maximum absolute atomic E-state index is 15.3. The first-order chi connectivity index (χ1) is 17.4. The van der Waals surface area contributed by atoms with Crippen molar-refractivity contribution in [1.82, 2.24) is 19.6 Å². The molecule has 2 aromatic heterocycles. The number of sulfone groups is 1. The zero-order chi connectivity index (χ0) is 24.9. The number of pyridine rings is 1. The normalized spacial score (nSPS) is 24.7. The summed E-state index contributed by atoms with van der Waals surface area (Å²) in [4.78, 5) is 7.49. The van der Waals surface area contributed by atoms with Crippen LogP contribution in [0.1, 0.15) is 37.2 Å². The van der Waals surface area contributed by atoms with Gasteiger partial charge in [0.15, 0.2) is 21.3 Å². The van der Waals surface area contributed by atoms with Gasteiger partial charge >= 0.3 is 0 Å². The summed E-state index contributed by atoms with van der Waals surface area (Å²) in [5, 5.41) is 3.48. The van der Waals surface area contributed by atoms with Crippen LogP contribution in [0.4, 0.5) is 4.39 Å². The van der Waals surface area contributed by atoms with E-state index < -0.39 is 9.84 Å². The Morgan fingerprint density at radius 1 is 1.08 bits per heavy atom. The van der Waals surface area contributed by atoms with E-state index in [1.54, 1.807) is 34.7 Å². The van der Waals surface area contributed by atoms with E-state index in [0.29, 0.717) is 29.6 Å². The minimum atomic E-state index is -3.27. The molecule has 0 amide bonds. The minimum absolute atomic E-state index is 0.255. The van der Waals surface area contributed by atoms with Gasteiger partial charge in [0.2, 0.25) is 0 Å². The Morgan fingerprint density at radius 2 is 1.83 bits per heavy atom. The lowest BCUT2D eigenvalue weighted by atomic mass is 9.79. The first kappa shape index (κ1) is 24.0. The van der Waals surface area contributed by atoms with Crippen molar-refractivity contribution in [2.45, 2.75) is 48.6 Å². The number of aromatic nitrogens is 2. The molecule has 5 heterocycles. The third kappa shape index (κ3) is 4.58. The number of imidazole rings is 1. The highest BCUT2D eigenvalue weighted by Crippen LogP contribution is 2.39.